The first-order valence-corrected chi connectivity index (χ1v) is 14.6. The summed E-state index contributed by atoms with van der Waals surface area (Å²) in [6, 6.07) is 29.6. The smallest absolute Gasteiger partial charge is 0.293 e. The highest BCUT2D eigenvalue weighted by Gasteiger charge is 2.29. The maximum absolute atomic E-state index is 13.9. The fourth-order valence-electron chi connectivity index (χ4n) is 4.77. The molecule has 0 bridgehead atoms. The van der Waals surface area contributed by atoms with E-state index < -0.39 is 16.1 Å². The van der Waals surface area contributed by atoms with Gasteiger partial charge in [0.15, 0.2) is 11.0 Å². The molecule has 218 valence electrons. The van der Waals surface area contributed by atoms with E-state index in [0.717, 1.165) is 33.7 Å². The van der Waals surface area contributed by atoms with Gasteiger partial charge in [-0.25, -0.2) is 0 Å². The molecule has 4 aromatic carbocycles. The normalized spacial score (nSPS) is 11.7. The number of benzene rings is 4. The van der Waals surface area contributed by atoms with E-state index in [2.05, 4.69) is 35.4 Å². The number of para-hydroxylation sites is 1. The Kier molecular flexibility index (Phi) is 8.87. The Balaban J connectivity index is 1.62. The number of carbonyl (C=O) groups is 1. The first kappa shape index (κ1) is 29.5. The van der Waals surface area contributed by atoms with Crippen LogP contribution in [0.25, 0.3) is 17.1 Å². The monoisotopic (exact) mass is 593 g/mol. The lowest BCUT2D eigenvalue weighted by Gasteiger charge is -2.20. The van der Waals surface area contributed by atoms with Crippen LogP contribution in [-0.2, 0) is 4.79 Å². The first-order chi connectivity index (χ1) is 20.8. The van der Waals surface area contributed by atoms with E-state index in [4.69, 9.17) is 4.74 Å². The molecule has 0 spiro atoms. The minimum Gasteiger partial charge on any atom is -0.497 e. The van der Waals surface area contributed by atoms with Gasteiger partial charge in [-0.1, -0.05) is 80.2 Å². The molecular weight excluding hydrogens is 562 g/mol. The van der Waals surface area contributed by atoms with Gasteiger partial charge >= 0.3 is 0 Å². The van der Waals surface area contributed by atoms with E-state index in [9.17, 15) is 14.9 Å². The maximum atomic E-state index is 13.9. The van der Waals surface area contributed by atoms with E-state index in [1.54, 1.807) is 26.2 Å². The number of nitro groups is 1. The van der Waals surface area contributed by atoms with Crippen molar-refractivity contribution in [2.45, 2.75) is 37.1 Å². The molecule has 0 aliphatic carbocycles. The second-order valence-electron chi connectivity index (χ2n) is 10.3. The van der Waals surface area contributed by atoms with Crippen LogP contribution in [0.15, 0.2) is 102 Å². The summed E-state index contributed by atoms with van der Waals surface area (Å²) >= 11 is 1.23. The number of nitrogens with zero attached hydrogens (tertiary/aromatic N) is 4. The zero-order valence-electron chi connectivity index (χ0n) is 24.2. The van der Waals surface area contributed by atoms with E-state index in [1.807, 2.05) is 77.4 Å². The molecule has 0 aliphatic rings. The second kappa shape index (κ2) is 12.9. The number of hydrogen-bond donors (Lipinski definition) is 1. The summed E-state index contributed by atoms with van der Waals surface area (Å²) < 4.78 is 7.32. The number of hydrogen-bond acceptors (Lipinski definition) is 7. The summed E-state index contributed by atoms with van der Waals surface area (Å²) in [6.45, 7) is 6.01. The van der Waals surface area contributed by atoms with Gasteiger partial charge < -0.3 is 10.1 Å². The number of carbonyl (C=O) groups excluding carboxylic acids is 1. The molecular formula is C33H31N5O4S. The van der Waals surface area contributed by atoms with Crippen molar-refractivity contribution in [1.82, 2.24) is 14.8 Å². The minimum absolute atomic E-state index is 0.132. The molecule has 0 fully saturated rings. The van der Waals surface area contributed by atoms with Crippen molar-refractivity contribution in [2.24, 2.45) is 0 Å². The van der Waals surface area contributed by atoms with Crippen LogP contribution in [0.5, 0.6) is 5.75 Å². The molecule has 1 atom stereocenters. The van der Waals surface area contributed by atoms with Crippen molar-refractivity contribution < 1.29 is 14.5 Å². The van der Waals surface area contributed by atoms with Gasteiger partial charge in [-0.05, 0) is 65.9 Å². The average molecular weight is 594 g/mol. The number of thioether (sulfide) groups is 1. The van der Waals surface area contributed by atoms with Gasteiger partial charge in [0.05, 0.1) is 17.7 Å². The fourth-order valence-corrected chi connectivity index (χ4v) is 5.82. The highest BCUT2D eigenvalue weighted by Crippen LogP contribution is 2.40. The lowest BCUT2D eigenvalue weighted by atomic mass is 10.0. The molecule has 0 saturated carbocycles. The quantitative estimate of drug-likeness (QED) is 0.100. The molecule has 5 aromatic rings. The van der Waals surface area contributed by atoms with Gasteiger partial charge in [-0.2, -0.15) is 0 Å². The number of nitro benzene ring substituents is 1. The van der Waals surface area contributed by atoms with E-state index in [0.29, 0.717) is 11.0 Å². The van der Waals surface area contributed by atoms with Gasteiger partial charge in [-0.15, -0.1) is 10.2 Å². The van der Waals surface area contributed by atoms with Crippen molar-refractivity contribution in [3.63, 3.8) is 0 Å². The third-order valence-corrected chi connectivity index (χ3v) is 8.15. The van der Waals surface area contributed by atoms with Crippen LogP contribution >= 0.6 is 11.8 Å². The van der Waals surface area contributed by atoms with Gasteiger partial charge in [0.25, 0.3) is 5.69 Å². The zero-order chi connectivity index (χ0) is 30.5. The molecule has 5 rings (SSSR count). The van der Waals surface area contributed by atoms with Crippen LogP contribution in [0.4, 0.5) is 11.4 Å². The number of anilines is 1. The van der Waals surface area contributed by atoms with E-state index in [-0.39, 0.29) is 17.3 Å². The molecule has 1 unspecified atom stereocenters. The van der Waals surface area contributed by atoms with Gasteiger partial charge in [-0.3, -0.25) is 19.5 Å². The number of ether oxygens (including phenoxy) is 1. The summed E-state index contributed by atoms with van der Waals surface area (Å²) in [4.78, 5) is 25.2. The average Bonchev–Trinajstić information content (AvgIpc) is 3.44. The molecule has 0 aliphatic heterocycles. The number of aryl methyl sites for hydroxylation is 1. The zero-order valence-corrected chi connectivity index (χ0v) is 25.0. The molecule has 10 heteroatoms. The summed E-state index contributed by atoms with van der Waals surface area (Å²) in [6.07, 6.45) is 0. The molecule has 1 amide bonds. The molecule has 0 radical (unpaired) electrons. The minimum atomic E-state index is -0.792. The summed E-state index contributed by atoms with van der Waals surface area (Å²) in [5, 5.41) is 23.5. The molecule has 9 nitrogen and oxygen atoms in total. The standard InChI is InChI=1S/C33H31N5O4S/c1-21(2)26-12-8-9-13-28(26)37-31(24-15-17-25(42-4)18-16-24)35-36-33(37)43-30(23-10-6-5-7-11-23)32(39)34-27-19-14-22(3)20-29(27)38(40)41/h5-21,30H,1-4H3,(H,34,39). The van der Waals surface area contributed by atoms with Crippen LogP contribution < -0.4 is 10.1 Å². The van der Waals surface area contributed by atoms with Gasteiger partial charge in [0.2, 0.25) is 5.91 Å². The van der Waals surface area contributed by atoms with Crippen molar-refractivity contribution in [3.05, 3.63) is 124 Å². The third kappa shape index (κ3) is 6.44. The summed E-state index contributed by atoms with van der Waals surface area (Å²) in [7, 11) is 1.62. The van der Waals surface area contributed by atoms with E-state index >= 15 is 0 Å². The Morgan fingerprint density at radius 3 is 2.33 bits per heavy atom. The third-order valence-electron chi connectivity index (χ3n) is 6.95. The first-order valence-electron chi connectivity index (χ1n) is 13.7. The van der Waals surface area contributed by atoms with Crippen LogP contribution in [-0.4, -0.2) is 32.7 Å². The number of methoxy groups -OCH3 is 1. The predicted molar refractivity (Wildman–Crippen MR) is 169 cm³/mol. The molecule has 0 saturated heterocycles. The molecule has 1 N–H and O–H groups in total. The molecule has 1 heterocycles. The Bertz CT molecular complexity index is 1750. The highest BCUT2D eigenvalue weighted by molar-refractivity contribution is 8.00. The summed E-state index contributed by atoms with van der Waals surface area (Å²) in [5.74, 6) is 1.12. The number of amides is 1. The second-order valence-corrected chi connectivity index (χ2v) is 11.3. The number of nitrogens with one attached hydrogen (secondary N) is 1. The molecule has 43 heavy (non-hydrogen) atoms. The van der Waals surface area contributed by atoms with Crippen LogP contribution in [0.3, 0.4) is 0 Å². The van der Waals surface area contributed by atoms with Crippen LogP contribution in [0.1, 0.15) is 41.7 Å². The summed E-state index contributed by atoms with van der Waals surface area (Å²) in [5.41, 5.74) is 4.23. The van der Waals surface area contributed by atoms with Gasteiger partial charge in [0.1, 0.15) is 16.7 Å². The number of aromatic nitrogens is 3. The Hall–Kier alpha value is -4.96. The van der Waals surface area contributed by atoms with Crippen molar-refractivity contribution >= 4 is 29.0 Å². The van der Waals surface area contributed by atoms with E-state index in [1.165, 1.54) is 17.8 Å². The van der Waals surface area contributed by atoms with Crippen molar-refractivity contribution in [2.75, 3.05) is 12.4 Å². The topological polar surface area (TPSA) is 112 Å². The van der Waals surface area contributed by atoms with Crippen molar-refractivity contribution in [3.8, 4) is 22.8 Å². The lowest BCUT2D eigenvalue weighted by molar-refractivity contribution is -0.384. The maximum Gasteiger partial charge on any atom is 0.293 e. The SMILES string of the molecule is COc1ccc(-c2nnc(SC(C(=O)Nc3ccc(C)cc3[N+](=O)[O-])c3ccccc3)n2-c2ccccc2C(C)C)cc1. The predicted octanol–water partition coefficient (Wildman–Crippen LogP) is 7.76. The lowest BCUT2D eigenvalue weighted by Crippen LogP contribution is -2.20. The largest absolute Gasteiger partial charge is 0.497 e. The Morgan fingerprint density at radius 2 is 1.65 bits per heavy atom. The molecule has 1 aromatic heterocycles. The number of rotatable bonds is 10. The Labute approximate surface area is 254 Å². The van der Waals surface area contributed by atoms with Gasteiger partial charge in [0, 0.05) is 11.6 Å². The highest BCUT2D eigenvalue weighted by atomic mass is 32.2. The fraction of sp³-hybridized carbons (Fsp3) is 0.182. The Morgan fingerprint density at radius 1 is 0.953 bits per heavy atom. The van der Waals surface area contributed by atoms with Crippen LogP contribution in [0, 0.1) is 17.0 Å². The van der Waals surface area contributed by atoms with Crippen molar-refractivity contribution in [1.29, 1.82) is 0 Å². The van der Waals surface area contributed by atoms with Crippen LogP contribution in [0.2, 0.25) is 0 Å².